The largest absolute Gasteiger partial charge is 0.497 e. The molecule has 0 saturated carbocycles. The fourth-order valence-corrected chi connectivity index (χ4v) is 2.22. The van der Waals surface area contributed by atoms with Crippen molar-refractivity contribution in [1.29, 1.82) is 0 Å². The average Bonchev–Trinajstić information content (AvgIpc) is 2.51. The van der Waals surface area contributed by atoms with Crippen molar-refractivity contribution >= 4 is 0 Å². The predicted octanol–water partition coefficient (Wildman–Crippen LogP) is 2.20. The first kappa shape index (κ1) is 16.2. The SMILES string of the molecule is COc1cccc(-c2cc(CNCC(C)C)c(=O)n(C)n2)c1. The average molecular weight is 301 g/mol. The van der Waals surface area contributed by atoms with Gasteiger partial charge in [-0.1, -0.05) is 26.0 Å². The molecule has 2 aromatic rings. The van der Waals surface area contributed by atoms with E-state index in [2.05, 4.69) is 24.3 Å². The summed E-state index contributed by atoms with van der Waals surface area (Å²) < 4.78 is 6.63. The molecule has 0 unspecified atom stereocenters. The van der Waals surface area contributed by atoms with Crippen LogP contribution in [0.1, 0.15) is 19.4 Å². The summed E-state index contributed by atoms with van der Waals surface area (Å²) >= 11 is 0. The van der Waals surface area contributed by atoms with Gasteiger partial charge in [0.15, 0.2) is 0 Å². The number of ether oxygens (including phenoxy) is 1. The Bertz CT molecular complexity index is 693. The lowest BCUT2D eigenvalue weighted by Gasteiger charge is -2.10. The first-order chi connectivity index (χ1) is 10.5. The molecule has 0 fully saturated rings. The monoisotopic (exact) mass is 301 g/mol. The molecule has 5 nitrogen and oxygen atoms in total. The van der Waals surface area contributed by atoms with Crippen molar-refractivity contribution in [2.75, 3.05) is 13.7 Å². The summed E-state index contributed by atoms with van der Waals surface area (Å²) in [6, 6.07) is 9.53. The molecule has 0 saturated heterocycles. The molecule has 118 valence electrons. The van der Waals surface area contributed by atoms with E-state index in [1.165, 1.54) is 4.68 Å². The third-order valence-corrected chi connectivity index (χ3v) is 3.37. The van der Waals surface area contributed by atoms with Crippen LogP contribution in [0, 0.1) is 5.92 Å². The molecule has 1 heterocycles. The zero-order valence-electron chi connectivity index (χ0n) is 13.6. The quantitative estimate of drug-likeness (QED) is 0.888. The number of aryl methyl sites for hydroxylation is 1. The minimum atomic E-state index is -0.0668. The van der Waals surface area contributed by atoms with Gasteiger partial charge in [0.1, 0.15) is 5.75 Å². The van der Waals surface area contributed by atoms with E-state index in [9.17, 15) is 4.79 Å². The van der Waals surface area contributed by atoms with Gasteiger partial charge in [-0.3, -0.25) is 4.79 Å². The van der Waals surface area contributed by atoms with Gasteiger partial charge >= 0.3 is 0 Å². The van der Waals surface area contributed by atoms with Gasteiger partial charge < -0.3 is 10.1 Å². The molecular formula is C17H23N3O2. The molecule has 0 aliphatic rings. The molecule has 1 aromatic carbocycles. The third-order valence-electron chi connectivity index (χ3n) is 3.37. The van der Waals surface area contributed by atoms with Gasteiger partial charge in [-0.05, 0) is 30.7 Å². The zero-order chi connectivity index (χ0) is 16.1. The molecule has 0 aliphatic heterocycles. The van der Waals surface area contributed by atoms with Crippen LogP contribution in [0.4, 0.5) is 0 Å². The van der Waals surface area contributed by atoms with Crippen molar-refractivity contribution in [3.05, 3.63) is 46.2 Å². The topological polar surface area (TPSA) is 56.1 Å². The van der Waals surface area contributed by atoms with Crippen LogP contribution in [-0.4, -0.2) is 23.4 Å². The van der Waals surface area contributed by atoms with Crippen molar-refractivity contribution in [2.45, 2.75) is 20.4 Å². The van der Waals surface area contributed by atoms with Gasteiger partial charge in [-0.2, -0.15) is 5.10 Å². The Kier molecular flexibility index (Phi) is 5.33. The van der Waals surface area contributed by atoms with Gasteiger partial charge in [0.05, 0.1) is 12.8 Å². The molecule has 2 rings (SSSR count). The Morgan fingerprint density at radius 2 is 2.09 bits per heavy atom. The van der Waals surface area contributed by atoms with Crippen LogP contribution in [0.3, 0.4) is 0 Å². The van der Waals surface area contributed by atoms with Crippen LogP contribution in [0.2, 0.25) is 0 Å². The highest BCUT2D eigenvalue weighted by Crippen LogP contribution is 2.21. The summed E-state index contributed by atoms with van der Waals surface area (Å²) in [5.74, 6) is 1.32. The van der Waals surface area contributed by atoms with Gasteiger partial charge in [-0.25, -0.2) is 4.68 Å². The van der Waals surface area contributed by atoms with Crippen molar-refractivity contribution in [2.24, 2.45) is 13.0 Å². The standard InChI is InChI=1S/C17H23N3O2/c1-12(2)10-18-11-14-9-16(19-20(3)17(14)21)13-6-5-7-15(8-13)22-4/h5-9,12,18H,10-11H2,1-4H3. The Morgan fingerprint density at radius 3 is 2.77 bits per heavy atom. The summed E-state index contributed by atoms with van der Waals surface area (Å²) in [6.45, 7) is 5.70. The molecule has 0 atom stereocenters. The summed E-state index contributed by atoms with van der Waals surface area (Å²) in [4.78, 5) is 12.2. The number of nitrogens with zero attached hydrogens (tertiary/aromatic N) is 2. The number of methoxy groups -OCH3 is 1. The Labute approximate surface area is 130 Å². The first-order valence-electron chi connectivity index (χ1n) is 7.43. The van der Waals surface area contributed by atoms with Gasteiger partial charge in [0.2, 0.25) is 0 Å². The van der Waals surface area contributed by atoms with Crippen LogP contribution in [0.5, 0.6) is 5.75 Å². The molecular weight excluding hydrogens is 278 g/mol. The summed E-state index contributed by atoms with van der Waals surface area (Å²) in [7, 11) is 3.31. The minimum absolute atomic E-state index is 0.0668. The lowest BCUT2D eigenvalue weighted by molar-refractivity contribution is 0.415. The van der Waals surface area contributed by atoms with E-state index in [1.807, 2.05) is 30.3 Å². The number of hydrogen-bond donors (Lipinski definition) is 1. The van der Waals surface area contributed by atoms with Crippen molar-refractivity contribution in [3.63, 3.8) is 0 Å². The highest BCUT2D eigenvalue weighted by atomic mass is 16.5. The number of nitrogens with one attached hydrogen (secondary N) is 1. The first-order valence-corrected chi connectivity index (χ1v) is 7.43. The molecule has 0 amide bonds. The van der Waals surface area contributed by atoms with E-state index in [4.69, 9.17) is 4.74 Å². The highest BCUT2D eigenvalue weighted by Gasteiger charge is 2.09. The van der Waals surface area contributed by atoms with E-state index >= 15 is 0 Å². The predicted molar refractivity (Wildman–Crippen MR) is 88.0 cm³/mol. The molecule has 1 aromatic heterocycles. The van der Waals surface area contributed by atoms with E-state index in [1.54, 1.807) is 14.2 Å². The normalized spacial score (nSPS) is 11.0. The summed E-state index contributed by atoms with van der Waals surface area (Å²) in [6.07, 6.45) is 0. The van der Waals surface area contributed by atoms with Gasteiger partial charge in [0.25, 0.3) is 5.56 Å². The number of benzene rings is 1. The highest BCUT2D eigenvalue weighted by molar-refractivity contribution is 5.61. The maximum Gasteiger partial charge on any atom is 0.271 e. The second kappa shape index (κ2) is 7.22. The molecule has 0 bridgehead atoms. The second-order valence-corrected chi connectivity index (χ2v) is 5.74. The maximum absolute atomic E-state index is 12.2. The number of rotatable bonds is 6. The Hall–Kier alpha value is -2.14. The van der Waals surface area contributed by atoms with E-state index in [0.29, 0.717) is 12.5 Å². The van der Waals surface area contributed by atoms with Crippen LogP contribution in [0.15, 0.2) is 35.1 Å². The molecule has 0 spiro atoms. The van der Waals surface area contributed by atoms with Crippen LogP contribution >= 0.6 is 0 Å². The second-order valence-electron chi connectivity index (χ2n) is 5.74. The third kappa shape index (κ3) is 3.95. The fraction of sp³-hybridized carbons (Fsp3) is 0.412. The molecule has 0 radical (unpaired) electrons. The molecule has 1 N–H and O–H groups in total. The molecule has 22 heavy (non-hydrogen) atoms. The summed E-state index contributed by atoms with van der Waals surface area (Å²) in [5.41, 5.74) is 2.35. The Balaban J connectivity index is 2.32. The molecule has 5 heteroatoms. The Morgan fingerprint density at radius 1 is 1.32 bits per heavy atom. The van der Waals surface area contributed by atoms with E-state index < -0.39 is 0 Å². The van der Waals surface area contributed by atoms with Crippen molar-refractivity contribution < 1.29 is 4.74 Å². The van der Waals surface area contributed by atoms with Gasteiger partial charge in [0, 0.05) is 24.7 Å². The number of hydrogen-bond acceptors (Lipinski definition) is 4. The smallest absolute Gasteiger partial charge is 0.271 e. The van der Waals surface area contributed by atoms with E-state index in [-0.39, 0.29) is 5.56 Å². The summed E-state index contributed by atoms with van der Waals surface area (Å²) in [5, 5.41) is 7.65. The number of aromatic nitrogens is 2. The zero-order valence-corrected chi connectivity index (χ0v) is 13.6. The lowest BCUT2D eigenvalue weighted by atomic mass is 10.1. The molecule has 0 aliphatic carbocycles. The van der Waals surface area contributed by atoms with Crippen LogP contribution < -0.4 is 15.6 Å². The lowest BCUT2D eigenvalue weighted by Crippen LogP contribution is -2.29. The van der Waals surface area contributed by atoms with Crippen molar-refractivity contribution in [1.82, 2.24) is 15.1 Å². The van der Waals surface area contributed by atoms with Gasteiger partial charge in [-0.15, -0.1) is 0 Å². The van der Waals surface area contributed by atoms with Crippen molar-refractivity contribution in [3.8, 4) is 17.0 Å². The maximum atomic E-state index is 12.2. The fourth-order valence-electron chi connectivity index (χ4n) is 2.22. The van der Waals surface area contributed by atoms with Crippen LogP contribution in [0.25, 0.3) is 11.3 Å². The van der Waals surface area contributed by atoms with E-state index in [0.717, 1.165) is 29.1 Å². The van der Waals surface area contributed by atoms with Crippen LogP contribution in [-0.2, 0) is 13.6 Å². The minimum Gasteiger partial charge on any atom is -0.497 e.